The molecule has 0 aliphatic rings. The largest absolute Gasteiger partial charge is 0.320 e. The molecule has 1 amide bonds. The van der Waals surface area contributed by atoms with Crippen molar-refractivity contribution in [2.75, 3.05) is 5.32 Å². The summed E-state index contributed by atoms with van der Waals surface area (Å²) >= 11 is 0. The van der Waals surface area contributed by atoms with Crippen molar-refractivity contribution in [3.05, 3.63) is 70.3 Å². The maximum Gasteiger partial charge on any atom is 0.280 e. The molecular weight excluding hydrogens is 273 g/mol. The monoisotopic (exact) mass is 283 g/mol. The molecule has 0 aliphatic heterocycles. The number of H-pyrrole nitrogens is 1. The summed E-state index contributed by atoms with van der Waals surface area (Å²) in [5.74, 6) is -1.19. The molecule has 3 rings (SSSR count). The summed E-state index contributed by atoms with van der Waals surface area (Å²) in [6, 6.07) is 12.4. The summed E-state index contributed by atoms with van der Waals surface area (Å²) in [5.41, 5.74) is -0.00525. The van der Waals surface area contributed by atoms with E-state index in [1.165, 1.54) is 12.1 Å². The third kappa shape index (κ3) is 2.51. The minimum atomic E-state index is -0.645. The number of carbonyl (C=O) groups is 1. The predicted octanol–water partition coefficient (Wildman–Crippen LogP) is 2.31. The standard InChI is InChI=1S/C15H10FN3O2/c16-9-6-7-12-11(8-9)14(20)13(19-18-12)15(21)17-10-4-2-1-3-5-10/h1-8H,(H,17,21)(H,18,20). The number of amides is 1. The van der Waals surface area contributed by atoms with Gasteiger partial charge in [0, 0.05) is 5.69 Å². The average molecular weight is 283 g/mol. The Balaban J connectivity index is 2.02. The second-order valence-corrected chi connectivity index (χ2v) is 4.41. The zero-order valence-electron chi connectivity index (χ0n) is 10.8. The predicted molar refractivity (Wildman–Crippen MR) is 76.7 cm³/mol. The van der Waals surface area contributed by atoms with E-state index in [9.17, 15) is 14.0 Å². The summed E-state index contributed by atoms with van der Waals surface area (Å²) in [4.78, 5) is 24.3. The molecule has 2 N–H and O–H groups in total. The van der Waals surface area contributed by atoms with Crippen molar-refractivity contribution in [1.29, 1.82) is 0 Å². The molecule has 0 saturated carbocycles. The van der Waals surface area contributed by atoms with Crippen LogP contribution < -0.4 is 10.7 Å². The van der Waals surface area contributed by atoms with Crippen LogP contribution in [0.15, 0.2) is 53.3 Å². The first-order valence-corrected chi connectivity index (χ1v) is 6.19. The molecule has 0 atom stereocenters. The van der Waals surface area contributed by atoms with Gasteiger partial charge >= 0.3 is 0 Å². The van der Waals surface area contributed by atoms with Crippen LogP contribution in [0.2, 0.25) is 0 Å². The highest BCUT2D eigenvalue weighted by Gasteiger charge is 2.15. The van der Waals surface area contributed by atoms with Crippen LogP contribution >= 0.6 is 0 Å². The Bertz CT molecular complexity index is 875. The summed E-state index contributed by atoms with van der Waals surface area (Å²) in [6.07, 6.45) is 0. The van der Waals surface area contributed by atoms with Gasteiger partial charge in [-0.05, 0) is 30.3 Å². The van der Waals surface area contributed by atoms with E-state index < -0.39 is 17.2 Å². The number of aromatic nitrogens is 2. The van der Waals surface area contributed by atoms with Crippen LogP contribution in [-0.2, 0) is 0 Å². The van der Waals surface area contributed by atoms with Crippen LogP contribution in [0, 0.1) is 5.82 Å². The number of hydrogen-bond acceptors (Lipinski definition) is 3. The SMILES string of the molecule is O=C(Nc1ccccc1)c1n[nH]c2ccc(F)cc2c1=O. The van der Waals surface area contributed by atoms with Crippen LogP contribution in [0.1, 0.15) is 10.5 Å². The summed E-state index contributed by atoms with van der Waals surface area (Å²) in [7, 11) is 0. The van der Waals surface area contributed by atoms with E-state index in [0.717, 1.165) is 6.07 Å². The van der Waals surface area contributed by atoms with Crippen LogP contribution in [0.25, 0.3) is 10.9 Å². The number of nitrogens with one attached hydrogen (secondary N) is 2. The highest BCUT2D eigenvalue weighted by molar-refractivity contribution is 6.04. The zero-order valence-corrected chi connectivity index (χ0v) is 10.8. The van der Waals surface area contributed by atoms with Crippen molar-refractivity contribution in [1.82, 2.24) is 10.2 Å². The minimum absolute atomic E-state index is 0.0863. The van der Waals surface area contributed by atoms with Gasteiger partial charge in [-0.15, -0.1) is 0 Å². The molecule has 5 nitrogen and oxygen atoms in total. The van der Waals surface area contributed by atoms with Crippen molar-refractivity contribution >= 4 is 22.5 Å². The summed E-state index contributed by atoms with van der Waals surface area (Å²) in [6.45, 7) is 0. The molecule has 1 aromatic heterocycles. The lowest BCUT2D eigenvalue weighted by Crippen LogP contribution is -2.24. The Morgan fingerprint density at radius 2 is 1.90 bits per heavy atom. The van der Waals surface area contributed by atoms with Crippen molar-refractivity contribution in [2.24, 2.45) is 0 Å². The first-order valence-electron chi connectivity index (χ1n) is 6.19. The quantitative estimate of drug-likeness (QED) is 0.758. The van der Waals surface area contributed by atoms with Crippen LogP contribution in [0.5, 0.6) is 0 Å². The molecule has 3 aromatic rings. The maximum atomic E-state index is 13.2. The minimum Gasteiger partial charge on any atom is -0.320 e. The van der Waals surface area contributed by atoms with Gasteiger partial charge in [0.25, 0.3) is 5.91 Å². The number of halogens is 1. The maximum absolute atomic E-state index is 13.2. The first-order chi connectivity index (χ1) is 10.1. The van der Waals surface area contributed by atoms with Crippen LogP contribution in [-0.4, -0.2) is 16.1 Å². The molecule has 0 aliphatic carbocycles. The summed E-state index contributed by atoms with van der Waals surface area (Å²) in [5, 5.41) is 8.99. The van der Waals surface area contributed by atoms with Gasteiger partial charge in [0.15, 0.2) is 5.69 Å². The van der Waals surface area contributed by atoms with Gasteiger partial charge in [0.05, 0.1) is 10.9 Å². The fourth-order valence-corrected chi connectivity index (χ4v) is 1.96. The van der Waals surface area contributed by atoms with E-state index in [4.69, 9.17) is 0 Å². The first kappa shape index (κ1) is 13.0. The number of fused-ring (bicyclic) bond motifs is 1. The smallest absolute Gasteiger partial charge is 0.280 e. The van der Waals surface area contributed by atoms with Gasteiger partial charge in [-0.3, -0.25) is 14.7 Å². The fourth-order valence-electron chi connectivity index (χ4n) is 1.96. The van der Waals surface area contributed by atoms with E-state index in [2.05, 4.69) is 15.5 Å². The lowest BCUT2D eigenvalue weighted by molar-refractivity contribution is 0.102. The van der Waals surface area contributed by atoms with E-state index in [-0.39, 0.29) is 11.1 Å². The molecule has 21 heavy (non-hydrogen) atoms. The molecule has 0 spiro atoms. The molecule has 0 unspecified atom stereocenters. The fraction of sp³-hybridized carbons (Fsp3) is 0. The third-order valence-corrected chi connectivity index (χ3v) is 2.98. The molecule has 0 fully saturated rings. The Kier molecular flexibility index (Phi) is 3.19. The van der Waals surface area contributed by atoms with E-state index in [1.807, 2.05) is 0 Å². The van der Waals surface area contributed by atoms with Gasteiger partial charge in [-0.2, -0.15) is 5.10 Å². The molecule has 0 saturated heterocycles. The van der Waals surface area contributed by atoms with Crippen molar-refractivity contribution in [2.45, 2.75) is 0 Å². The van der Waals surface area contributed by atoms with E-state index >= 15 is 0 Å². The van der Waals surface area contributed by atoms with Gasteiger partial charge in [-0.25, -0.2) is 4.39 Å². The Hall–Kier alpha value is -3.02. The number of benzene rings is 2. The molecule has 0 radical (unpaired) electrons. The number of rotatable bonds is 2. The zero-order chi connectivity index (χ0) is 14.8. The number of aromatic amines is 1. The molecular formula is C15H10FN3O2. The Morgan fingerprint density at radius 3 is 2.67 bits per heavy atom. The van der Waals surface area contributed by atoms with Crippen molar-refractivity contribution < 1.29 is 9.18 Å². The van der Waals surface area contributed by atoms with Crippen LogP contribution in [0.3, 0.4) is 0 Å². The molecule has 2 aromatic carbocycles. The number of para-hydroxylation sites is 1. The van der Waals surface area contributed by atoms with Gasteiger partial charge in [-0.1, -0.05) is 18.2 Å². The van der Waals surface area contributed by atoms with Crippen molar-refractivity contribution in [3.8, 4) is 0 Å². The number of nitrogens with zero attached hydrogens (tertiary/aromatic N) is 1. The molecule has 0 bridgehead atoms. The summed E-state index contributed by atoms with van der Waals surface area (Å²) < 4.78 is 13.2. The second kappa shape index (κ2) is 5.16. The average Bonchev–Trinajstić information content (AvgIpc) is 2.49. The number of anilines is 1. The lowest BCUT2D eigenvalue weighted by Gasteiger charge is -2.04. The molecule has 6 heteroatoms. The third-order valence-electron chi connectivity index (χ3n) is 2.98. The Morgan fingerprint density at radius 1 is 1.14 bits per heavy atom. The van der Waals surface area contributed by atoms with Gasteiger partial charge < -0.3 is 5.32 Å². The van der Waals surface area contributed by atoms with Crippen molar-refractivity contribution in [3.63, 3.8) is 0 Å². The normalized spacial score (nSPS) is 10.5. The highest BCUT2D eigenvalue weighted by atomic mass is 19.1. The lowest BCUT2D eigenvalue weighted by atomic mass is 10.2. The molecule has 1 heterocycles. The van der Waals surface area contributed by atoms with Gasteiger partial charge in [0.1, 0.15) is 5.82 Å². The van der Waals surface area contributed by atoms with E-state index in [1.54, 1.807) is 30.3 Å². The number of carbonyl (C=O) groups excluding carboxylic acids is 1. The van der Waals surface area contributed by atoms with E-state index in [0.29, 0.717) is 11.2 Å². The van der Waals surface area contributed by atoms with Gasteiger partial charge in [0.2, 0.25) is 5.43 Å². The molecule has 104 valence electrons. The highest BCUT2D eigenvalue weighted by Crippen LogP contribution is 2.10. The second-order valence-electron chi connectivity index (χ2n) is 4.41. The van der Waals surface area contributed by atoms with Crippen LogP contribution in [0.4, 0.5) is 10.1 Å². The Labute approximate surface area is 118 Å². The topological polar surface area (TPSA) is 74.8 Å². The number of hydrogen-bond donors (Lipinski definition) is 2.